The molecule has 1 heterocycles. The van der Waals surface area contributed by atoms with Crippen LogP contribution >= 0.6 is 11.8 Å². The van der Waals surface area contributed by atoms with Crippen molar-refractivity contribution in [3.05, 3.63) is 71.0 Å². The minimum absolute atomic E-state index is 0.214. The molecule has 0 aromatic heterocycles. The Morgan fingerprint density at radius 3 is 2.50 bits per heavy atom. The van der Waals surface area contributed by atoms with Gasteiger partial charge in [0.1, 0.15) is 10.6 Å². The molecule has 2 aromatic carbocycles. The summed E-state index contributed by atoms with van der Waals surface area (Å²) in [6.45, 7) is 3.55. The Morgan fingerprint density at radius 1 is 1.23 bits per heavy atom. The zero-order valence-corrected chi connectivity index (χ0v) is 15.1. The van der Waals surface area contributed by atoms with E-state index in [9.17, 15) is 14.0 Å². The summed E-state index contributed by atoms with van der Waals surface area (Å²) in [7, 11) is 0. The van der Waals surface area contributed by atoms with E-state index in [1.807, 2.05) is 0 Å². The highest BCUT2D eigenvalue weighted by molar-refractivity contribution is 8.15. The molecular weight excluding hydrogens is 353 g/mol. The van der Waals surface area contributed by atoms with Crippen LogP contribution in [0.1, 0.15) is 41.4 Å². The maximum atomic E-state index is 13.9. The van der Waals surface area contributed by atoms with Gasteiger partial charge in [0.2, 0.25) is 11.8 Å². The third-order valence-corrected chi connectivity index (χ3v) is 5.57. The van der Waals surface area contributed by atoms with Gasteiger partial charge in [-0.05, 0) is 37.6 Å². The van der Waals surface area contributed by atoms with E-state index in [2.05, 4.69) is 10.3 Å². The molecule has 3 N–H and O–H groups in total. The van der Waals surface area contributed by atoms with Crippen molar-refractivity contribution >= 4 is 28.7 Å². The number of thioether (sulfide) groups is 1. The van der Waals surface area contributed by atoms with Crippen molar-refractivity contribution < 1.29 is 14.0 Å². The van der Waals surface area contributed by atoms with Crippen LogP contribution in [0.5, 0.6) is 0 Å². The molecule has 5 nitrogen and oxygen atoms in total. The molecule has 0 radical (unpaired) electrons. The maximum absolute atomic E-state index is 13.9. The van der Waals surface area contributed by atoms with Crippen LogP contribution in [-0.4, -0.2) is 17.0 Å². The molecule has 0 unspecified atom stereocenters. The standard InChI is InChI=1S/C19H18FN3O2S/c1-11(14-5-3-4-6-15(14)20)22-18-23-17(25)19(2,26-18)13-9-7-12(8-10-13)16(21)24/h3-11H,1-2H3,(H2,21,24)(H,22,23,25)/t11-,19-/m0/s1. The van der Waals surface area contributed by atoms with Crippen molar-refractivity contribution in [2.75, 3.05) is 0 Å². The maximum Gasteiger partial charge on any atom is 0.248 e. The second kappa shape index (κ2) is 6.92. The van der Waals surface area contributed by atoms with Gasteiger partial charge in [-0.15, -0.1) is 0 Å². The van der Waals surface area contributed by atoms with Gasteiger partial charge in [-0.2, -0.15) is 0 Å². The number of carbonyl (C=O) groups excluding carboxylic acids is 2. The summed E-state index contributed by atoms with van der Waals surface area (Å²) < 4.78 is 13.0. The third kappa shape index (κ3) is 3.35. The molecule has 0 aliphatic carbocycles. The van der Waals surface area contributed by atoms with Gasteiger partial charge in [-0.1, -0.05) is 42.1 Å². The van der Waals surface area contributed by atoms with E-state index in [0.717, 1.165) is 5.56 Å². The molecule has 2 amide bonds. The SMILES string of the molecule is C[C@H](N=C1NC(=O)[C@](C)(c2ccc(C(N)=O)cc2)S1)c1ccccc1F. The fourth-order valence-electron chi connectivity index (χ4n) is 2.74. The Kier molecular flexibility index (Phi) is 4.82. The van der Waals surface area contributed by atoms with Crippen molar-refractivity contribution in [1.29, 1.82) is 0 Å². The number of hydrogen-bond donors (Lipinski definition) is 2. The van der Waals surface area contributed by atoms with Gasteiger partial charge < -0.3 is 11.1 Å². The second-order valence-electron chi connectivity index (χ2n) is 6.16. The normalized spacial score (nSPS) is 22.3. The fourth-order valence-corrected chi connectivity index (χ4v) is 3.88. The zero-order valence-electron chi connectivity index (χ0n) is 14.3. The third-order valence-electron chi connectivity index (χ3n) is 4.34. The number of hydrogen-bond acceptors (Lipinski definition) is 4. The van der Waals surface area contributed by atoms with Crippen LogP contribution in [0.2, 0.25) is 0 Å². The van der Waals surface area contributed by atoms with E-state index in [1.54, 1.807) is 56.3 Å². The lowest BCUT2D eigenvalue weighted by Crippen LogP contribution is -2.31. The first-order valence-corrected chi connectivity index (χ1v) is 8.86. The van der Waals surface area contributed by atoms with Gasteiger partial charge in [0, 0.05) is 11.1 Å². The van der Waals surface area contributed by atoms with E-state index in [-0.39, 0.29) is 11.7 Å². The number of nitrogens with two attached hydrogens (primary N) is 1. The number of nitrogens with zero attached hydrogens (tertiary/aromatic N) is 1. The average Bonchev–Trinajstić information content (AvgIpc) is 2.90. The predicted octanol–water partition coefficient (Wildman–Crippen LogP) is 3.12. The summed E-state index contributed by atoms with van der Waals surface area (Å²) in [5.41, 5.74) is 6.82. The molecule has 2 aromatic rings. The average molecular weight is 371 g/mol. The largest absolute Gasteiger partial charge is 0.366 e. The van der Waals surface area contributed by atoms with Crippen LogP contribution in [0, 0.1) is 5.82 Å². The molecule has 0 spiro atoms. The van der Waals surface area contributed by atoms with Gasteiger partial charge in [-0.25, -0.2) is 4.39 Å². The first kappa shape index (κ1) is 18.1. The number of aliphatic imine (C=N–C) groups is 1. The Hall–Kier alpha value is -2.67. The molecule has 1 aliphatic rings. The van der Waals surface area contributed by atoms with Crippen molar-refractivity contribution in [3.63, 3.8) is 0 Å². The molecule has 26 heavy (non-hydrogen) atoms. The van der Waals surface area contributed by atoms with Crippen molar-refractivity contribution in [2.24, 2.45) is 10.7 Å². The Morgan fingerprint density at radius 2 is 1.88 bits per heavy atom. The van der Waals surface area contributed by atoms with Crippen LogP contribution in [-0.2, 0) is 9.54 Å². The highest BCUT2D eigenvalue weighted by Gasteiger charge is 2.44. The number of amidine groups is 1. The van der Waals surface area contributed by atoms with Crippen LogP contribution in [0.15, 0.2) is 53.5 Å². The van der Waals surface area contributed by atoms with Gasteiger partial charge in [-0.3, -0.25) is 14.6 Å². The van der Waals surface area contributed by atoms with E-state index < -0.39 is 16.7 Å². The van der Waals surface area contributed by atoms with Gasteiger partial charge in [0.15, 0.2) is 5.17 Å². The lowest BCUT2D eigenvalue weighted by molar-refractivity contribution is -0.121. The second-order valence-corrected chi connectivity index (χ2v) is 7.57. The Bertz CT molecular complexity index is 898. The fraction of sp³-hybridized carbons (Fsp3) is 0.211. The highest BCUT2D eigenvalue weighted by Crippen LogP contribution is 2.41. The Labute approximate surface area is 154 Å². The van der Waals surface area contributed by atoms with Crippen LogP contribution < -0.4 is 11.1 Å². The predicted molar refractivity (Wildman–Crippen MR) is 100 cm³/mol. The summed E-state index contributed by atoms with van der Waals surface area (Å²) in [4.78, 5) is 28.2. The van der Waals surface area contributed by atoms with E-state index in [4.69, 9.17) is 5.73 Å². The van der Waals surface area contributed by atoms with Crippen LogP contribution in [0.25, 0.3) is 0 Å². The van der Waals surface area contributed by atoms with Crippen molar-refractivity contribution in [2.45, 2.75) is 24.6 Å². The quantitative estimate of drug-likeness (QED) is 0.866. The highest BCUT2D eigenvalue weighted by atomic mass is 32.2. The molecular formula is C19H18FN3O2S. The van der Waals surface area contributed by atoms with E-state index in [0.29, 0.717) is 16.3 Å². The number of rotatable bonds is 4. The summed E-state index contributed by atoms with van der Waals surface area (Å²) in [6, 6.07) is 12.6. The number of nitrogens with one attached hydrogen (secondary N) is 1. The van der Waals surface area contributed by atoms with Crippen molar-refractivity contribution in [1.82, 2.24) is 5.32 Å². The minimum atomic E-state index is -0.885. The summed E-state index contributed by atoms with van der Waals surface area (Å²) in [6.07, 6.45) is 0. The summed E-state index contributed by atoms with van der Waals surface area (Å²) in [5.74, 6) is -1.07. The summed E-state index contributed by atoms with van der Waals surface area (Å²) in [5, 5.41) is 3.20. The molecule has 134 valence electrons. The lowest BCUT2D eigenvalue weighted by Gasteiger charge is -2.19. The topological polar surface area (TPSA) is 84.6 Å². The molecule has 0 saturated carbocycles. The summed E-state index contributed by atoms with van der Waals surface area (Å²) >= 11 is 1.27. The molecule has 0 bridgehead atoms. The Balaban J connectivity index is 1.85. The first-order chi connectivity index (χ1) is 12.3. The van der Waals surface area contributed by atoms with Crippen LogP contribution in [0.3, 0.4) is 0 Å². The van der Waals surface area contributed by atoms with Gasteiger partial charge in [0.05, 0.1) is 6.04 Å². The number of halogens is 1. The number of amides is 2. The first-order valence-electron chi connectivity index (χ1n) is 8.04. The van der Waals surface area contributed by atoms with Crippen LogP contribution in [0.4, 0.5) is 4.39 Å². The van der Waals surface area contributed by atoms with Gasteiger partial charge >= 0.3 is 0 Å². The minimum Gasteiger partial charge on any atom is -0.366 e. The number of benzene rings is 2. The number of primary amides is 1. The smallest absolute Gasteiger partial charge is 0.248 e. The molecule has 7 heteroatoms. The molecule has 1 saturated heterocycles. The monoisotopic (exact) mass is 371 g/mol. The van der Waals surface area contributed by atoms with Crippen molar-refractivity contribution in [3.8, 4) is 0 Å². The van der Waals surface area contributed by atoms with Gasteiger partial charge in [0.25, 0.3) is 0 Å². The molecule has 3 rings (SSSR count). The molecule has 1 fully saturated rings. The van der Waals surface area contributed by atoms with E-state index >= 15 is 0 Å². The number of carbonyl (C=O) groups is 2. The zero-order chi connectivity index (χ0) is 18.9. The molecule has 1 aliphatic heterocycles. The molecule has 2 atom stereocenters. The van der Waals surface area contributed by atoms with E-state index in [1.165, 1.54) is 17.8 Å². The lowest BCUT2D eigenvalue weighted by atomic mass is 9.98.